The normalized spacial score (nSPS) is 13.2. The highest BCUT2D eigenvalue weighted by molar-refractivity contribution is 7.16. The smallest absolute Gasteiger partial charge is 0.0931 e. The molecule has 0 saturated carbocycles. The number of hydrogen-bond acceptors (Lipinski definition) is 4. The van der Waals surface area contributed by atoms with Crippen LogP contribution in [0.5, 0.6) is 0 Å². The van der Waals surface area contributed by atoms with Crippen LogP contribution in [-0.4, -0.2) is 19.8 Å². The van der Waals surface area contributed by atoms with Gasteiger partial charge in [-0.25, -0.2) is 0 Å². The highest BCUT2D eigenvalue weighted by Gasteiger charge is 2.08. The first-order valence-electron chi connectivity index (χ1n) is 3.95. The van der Waals surface area contributed by atoms with Gasteiger partial charge >= 0.3 is 0 Å². The Labute approximate surface area is 86.8 Å². The van der Waals surface area contributed by atoms with Gasteiger partial charge in [0.1, 0.15) is 0 Å². The van der Waals surface area contributed by atoms with Crippen LogP contribution in [0.3, 0.4) is 0 Å². The van der Waals surface area contributed by atoms with Gasteiger partial charge in [0.2, 0.25) is 0 Å². The Morgan fingerprint density at radius 3 is 2.92 bits per heavy atom. The van der Waals surface area contributed by atoms with E-state index in [-0.39, 0.29) is 6.04 Å². The van der Waals surface area contributed by atoms with E-state index in [4.69, 9.17) is 22.2 Å². The SMILES string of the molecule is COCC(Cc1ccc(Cl)s1)NN. The summed E-state index contributed by atoms with van der Waals surface area (Å²) in [6.45, 7) is 0.603. The van der Waals surface area contributed by atoms with E-state index in [0.717, 1.165) is 10.8 Å². The Kier molecular flexibility index (Phi) is 4.69. The fourth-order valence-electron chi connectivity index (χ4n) is 1.07. The highest BCUT2D eigenvalue weighted by atomic mass is 35.5. The van der Waals surface area contributed by atoms with Crippen LogP contribution in [0.2, 0.25) is 4.34 Å². The van der Waals surface area contributed by atoms with Crippen molar-refractivity contribution in [3.63, 3.8) is 0 Å². The van der Waals surface area contributed by atoms with Crippen LogP contribution < -0.4 is 11.3 Å². The number of methoxy groups -OCH3 is 1. The summed E-state index contributed by atoms with van der Waals surface area (Å²) in [4.78, 5) is 1.21. The molecule has 0 aliphatic heterocycles. The van der Waals surface area contributed by atoms with Crippen molar-refractivity contribution >= 4 is 22.9 Å². The molecular weight excluding hydrogens is 208 g/mol. The van der Waals surface area contributed by atoms with E-state index in [1.165, 1.54) is 4.88 Å². The molecule has 5 heteroatoms. The van der Waals surface area contributed by atoms with Gasteiger partial charge in [-0.3, -0.25) is 11.3 Å². The minimum Gasteiger partial charge on any atom is -0.383 e. The Balaban J connectivity index is 2.46. The van der Waals surface area contributed by atoms with Gasteiger partial charge in [-0.05, 0) is 12.1 Å². The first-order valence-corrected chi connectivity index (χ1v) is 5.15. The van der Waals surface area contributed by atoms with Crippen molar-refractivity contribution in [2.75, 3.05) is 13.7 Å². The molecule has 3 nitrogen and oxygen atoms in total. The van der Waals surface area contributed by atoms with Gasteiger partial charge in [0.25, 0.3) is 0 Å². The predicted molar refractivity (Wildman–Crippen MR) is 56.0 cm³/mol. The maximum atomic E-state index is 5.80. The summed E-state index contributed by atoms with van der Waals surface area (Å²) in [5.41, 5.74) is 2.70. The fraction of sp³-hybridized carbons (Fsp3) is 0.500. The summed E-state index contributed by atoms with van der Waals surface area (Å²) < 4.78 is 5.81. The molecule has 0 fully saturated rings. The molecule has 1 heterocycles. The zero-order valence-corrected chi connectivity index (χ0v) is 8.99. The lowest BCUT2D eigenvalue weighted by molar-refractivity contribution is 0.166. The minimum absolute atomic E-state index is 0.153. The van der Waals surface area contributed by atoms with Crippen LogP contribution in [-0.2, 0) is 11.2 Å². The van der Waals surface area contributed by atoms with E-state index in [0.29, 0.717) is 6.61 Å². The summed E-state index contributed by atoms with van der Waals surface area (Å²) in [7, 11) is 1.66. The number of ether oxygens (including phenoxy) is 1. The van der Waals surface area contributed by atoms with Crippen LogP contribution >= 0.6 is 22.9 Å². The third-order valence-corrected chi connectivity index (χ3v) is 2.93. The second kappa shape index (κ2) is 5.57. The second-order valence-electron chi connectivity index (χ2n) is 2.73. The molecule has 1 unspecified atom stereocenters. The fourth-order valence-corrected chi connectivity index (χ4v) is 2.24. The Bertz CT molecular complexity index is 254. The molecule has 0 aliphatic carbocycles. The molecule has 0 aliphatic rings. The molecular formula is C8H13ClN2OS. The Morgan fingerprint density at radius 2 is 2.46 bits per heavy atom. The van der Waals surface area contributed by atoms with Gasteiger partial charge in [0, 0.05) is 24.4 Å². The maximum Gasteiger partial charge on any atom is 0.0931 e. The largest absolute Gasteiger partial charge is 0.383 e. The third-order valence-electron chi connectivity index (χ3n) is 1.68. The molecule has 0 aromatic carbocycles. The molecule has 1 atom stereocenters. The number of rotatable bonds is 5. The van der Waals surface area contributed by atoms with Crippen molar-refractivity contribution in [1.29, 1.82) is 0 Å². The van der Waals surface area contributed by atoms with Crippen LogP contribution in [0.1, 0.15) is 4.88 Å². The van der Waals surface area contributed by atoms with Crippen molar-refractivity contribution in [2.24, 2.45) is 5.84 Å². The summed E-state index contributed by atoms with van der Waals surface area (Å²) in [5, 5.41) is 0. The van der Waals surface area contributed by atoms with Gasteiger partial charge in [-0.1, -0.05) is 11.6 Å². The molecule has 0 saturated heterocycles. The average Bonchev–Trinajstić information content (AvgIpc) is 2.50. The van der Waals surface area contributed by atoms with E-state index >= 15 is 0 Å². The van der Waals surface area contributed by atoms with Gasteiger partial charge in [-0.15, -0.1) is 11.3 Å². The number of thiophene rings is 1. The molecule has 0 radical (unpaired) electrons. The summed E-state index contributed by atoms with van der Waals surface area (Å²) >= 11 is 7.37. The number of halogens is 1. The summed E-state index contributed by atoms with van der Waals surface area (Å²) in [6, 6.07) is 4.05. The molecule has 3 N–H and O–H groups in total. The first kappa shape index (κ1) is 10.9. The summed E-state index contributed by atoms with van der Waals surface area (Å²) in [5.74, 6) is 5.36. The van der Waals surface area contributed by atoms with Gasteiger partial charge in [-0.2, -0.15) is 0 Å². The first-order chi connectivity index (χ1) is 6.26. The van der Waals surface area contributed by atoms with E-state index in [2.05, 4.69) is 5.43 Å². The number of hydrazine groups is 1. The van der Waals surface area contributed by atoms with Crippen molar-refractivity contribution in [3.8, 4) is 0 Å². The van der Waals surface area contributed by atoms with Gasteiger partial charge < -0.3 is 4.74 Å². The number of nitrogens with one attached hydrogen (secondary N) is 1. The van der Waals surface area contributed by atoms with Crippen LogP contribution in [0.4, 0.5) is 0 Å². The third kappa shape index (κ3) is 3.62. The van der Waals surface area contributed by atoms with Crippen LogP contribution in [0, 0.1) is 0 Å². The predicted octanol–water partition coefficient (Wildman–Crippen LogP) is 1.42. The number of hydrogen-bond donors (Lipinski definition) is 2. The molecule has 1 rings (SSSR count). The van der Waals surface area contributed by atoms with Crippen molar-refractivity contribution < 1.29 is 4.74 Å². The molecule has 1 aromatic heterocycles. The zero-order valence-electron chi connectivity index (χ0n) is 7.42. The second-order valence-corrected chi connectivity index (χ2v) is 4.53. The molecule has 74 valence electrons. The lowest BCUT2D eigenvalue weighted by Gasteiger charge is -2.12. The maximum absolute atomic E-state index is 5.80. The average molecular weight is 221 g/mol. The zero-order chi connectivity index (χ0) is 9.68. The standard InChI is InChI=1S/C8H13ClN2OS/c1-12-5-6(11-10)4-7-2-3-8(9)13-7/h2-3,6,11H,4-5,10H2,1H3. The number of nitrogens with two attached hydrogens (primary N) is 1. The molecule has 0 bridgehead atoms. The molecule has 1 aromatic rings. The van der Waals surface area contributed by atoms with Crippen LogP contribution in [0.15, 0.2) is 12.1 Å². The topological polar surface area (TPSA) is 47.3 Å². The van der Waals surface area contributed by atoms with Crippen molar-refractivity contribution in [2.45, 2.75) is 12.5 Å². The van der Waals surface area contributed by atoms with E-state index in [1.54, 1.807) is 18.4 Å². The molecule has 0 amide bonds. The quantitative estimate of drug-likeness (QED) is 0.583. The minimum atomic E-state index is 0.153. The molecule has 0 spiro atoms. The highest BCUT2D eigenvalue weighted by Crippen LogP contribution is 2.22. The monoisotopic (exact) mass is 220 g/mol. The van der Waals surface area contributed by atoms with E-state index in [9.17, 15) is 0 Å². The lowest BCUT2D eigenvalue weighted by Crippen LogP contribution is -2.39. The van der Waals surface area contributed by atoms with Gasteiger partial charge in [0.15, 0.2) is 0 Å². The molecule has 13 heavy (non-hydrogen) atoms. The van der Waals surface area contributed by atoms with Crippen molar-refractivity contribution in [1.82, 2.24) is 5.43 Å². The summed E-state index contributed by atoms with van der Waals surface area (Å²) in [6.07, 6.45) is 0.849. The van der Waals surface area contributed by atoms with Gasteiger partial charge in [0.05, 0.1) is 10.9 Å². The van der Waals surface area contributed by atoms with Crippen LogP contribution in [0.25, 0.3) is 0 Å². The Morgan fingerprint density at radius 1 is 1.69 bits per heavy atom. The van der Waals surface area contributed by atoms with E-state index < -0.39 is 0 Å². The Hall–Kier alpha value is -0.130. The lowest BCUT2D eigenvalue weighted by atomic mass is 10.2. The van der Waals surface area contributed by atoms with E-state index in [1.807, 2.05) is 12.1 Å². The van der Waals surface area contributed by atoms with Crippen molar-refractivity contribution in [3.05, 3.63) is 21.3 Å².